The molecule has 2 aliphatic carbocycles. The maximum absolute atomic E-state index is 6.53. The zero-order chi connectivity index (χ0) is 13.5. The summed E-state index contributed by atoms with van der Waals surface area (Å²) in [5.41, 5.74) is 11.0. The first kappa shape index (κ1) is 12.2. The summed E-state index contributed by atoms with van der Waals surface area (Å²) in [5.74, 6) is 2.26. The minimum Gasteiger partial charge on any atom is -0.327 e. The van der Waals surface area contributed by atoms with Crippen molar-refractivity contribution in [2.45, 2.75) is 31.2 Å². The number of aryl methyl sites for hydroxylation is 1. The minimum atomic E-state index is 0.304. The van der Waals surface area contributed by atoms with Crippen molar-refractivity contribution in [3.63, 3.8) is 0 Å². The average molecular weight is 263 g/mol. The molecule has 2 aromatic carbocycles. The molecule has 1 fully saturated rings. The largest absolute Gasteiger partial charge is 0.327 e. The third-order valence-corrected chi connectivity index (χ3v) is 5.20. The Bertz CT molecular complexity index is 604. The van der Waals surface area contributed by atoms with Gasteiger partial charge in [-0.1, -0.05) is 54.6 Å². The smallest absolute Gasteiger partial charge is 0.0117 e. The summed E-state index contributed by atoms with van der Waals surface area (Å²) in [6.07, 6.45) is 3.58. The van der Waals surface area contributed by atoms with Gasteiger partial charge in [0.25, 0.3) is 0 Å². The molecule has 0 heterocycles. The Morgan fingerprint density at radius 3 is 2.60 bits per heavy atom. The Kier molecular flexibility index (Phi) is 2.89. The van der Waals surface area contributed by atoms with Gasteiger partial charge in [-0.05, 0) is 53.7 Å². The standard InChI is InChI=1S/C19H21N/c20-17(12-13-6-2-1-3-7-13)19-16-11-10-14-8-4-5-9-15(14)18(16)19/h1-9,16-19H,10-12,20H2. The Hall–Kier alpha value is -1.60. The zero-order valence-corrected chi connectivity index (χ0v) is 11.7. The lowest BCUT2D eigenvalue weighted by Crippen LogP contribution is -2.26. The molecule has 0 spiro atoms. The fraction of sp³-hybridized carbons (Fsp3) is 0.368. The van der Waals surface area contributed by atoms with Crippen molar-refractivity contribution in [3.05, 3.63) is 71.3 Å². The minimum absolute atomic E-state index is 0.304. The molecule has 1 saturated carbocycles. The molecular formula is C19H21N. The van der Waals surface area contributed by atoms with Crippen molar-refractivity contribution in [2.75, 3.05) is 0 Å². The summed E-state index contributed by atoms with van der Waals surface area (Å²) in [6, 6.07) is 19.9. The van der Waals surface area contributed by atoms with Gasteiger partial charge in [-0.25, -0.2) is 0 Å². The van der Waals surface area contributed by atoms with Crippen LogP contribution in [0.15, 0.2) is 54.6 Å². The quantitative estimate of drug-likeness (QED) is 0.900. The third kappa shape index (κ3) is 1.97. The number of rotatable bonds is 3. The highest BCUT2D eigenvalue weighted by atomic mass is 14.7. The van der Waals surface area contributed by atoms with E-state index in [1.165, 1.54) is 18.4 Å². The second-order valence-electron chi connectivity index (χ2n) is 6.36. The van der Waals surface area contributed by atoms with Crippen molar-refractivity contribution in [2.24, 2.45) is 17.6 Å². The Morgan fingerprint density at radius 1 is 1.00 bits per heavy atom. The molecule has 20 heavy (non-hydrogen) atoms. The van der Waals surface area contributed by atoms with Crippen LogP contribution in [0.3, 0.4) is 0 Å². The van der Waals surface area contributed by atoms with E-state index in [1.54, 1.807) is 11.1 Å². The Balaban J connectivity index is 1.52. The highest BCUT2D eigenvalue weighted by Crippen LogP contribution is 2.61. The van der Waals surface area contributed by atoms with Crippen LogP contribution in [0.1, 0.15) is 29.0 Å². The molecule has 0 bridgehead atoms. The van der Waals surface area contributed by atoms with E-state index in [0.29, 0.717) is 12.0 Å². The van der Waals surface area contributed by atoms with Crippen molar-refractivity contribution in [1.82, 2.24) is 0 Å². The van der Waals surface area contributed by atoms with Gasteiger partial charge in [-0.2, -0.15) is 0 Å². The van der Waals surface area contributed by atoms with Gasteiger partial charge < -0.3 is 5.73 Å². The lowest BCUT2D eigenvalue weighted by molar-refractivity contribution is 0.532. The second-order valence-corrected chi connectivity index (χ2v) is 6.36. The molecule has 1 nitrogen and oxygen atoms in total. The van der Waals surface area contributed by atoms with E-state index in [9.17, 15) is 0 Å². The average Bonchev–Trinajstić information content (AvgIpc) is 3.23. The van der Waals surface area contributed by atoms with E-state index in [0.717, 1.165) is 18.3 Å². The van der Waals surface area contributed by atoms with Crippen LogP contribution in [-0.4, -0.2) is 6.04 Å². The number of nitrogens with two attached hydrogens (primary N) is 1. The fourth-order valence-electron chi connectivity index (χ4n) is 4.23. The van der Waals surface area contributed by atoms with Gasteiger partial charge >= 0.3 is 0 Å². The summed E-state index contributed by atoms with van der Waals surface area (Å²) in [6.45, 7) is 0. The molecule has 2 aliphatic rings. The Morgan fingerprint density at radius 2 is 1.75 bits per heavy atom. The van der Waals surface area contributed by atoms with Crippen LogP contribution < -0.4 is 5.73 Å². The van der Waals surface area contributed by atoms with Gasteiger partial charge in [0, 0.05) is 6.04 Å². The van der Waals surface area contributed by atoms with E-state index < -0.39 is 0 Å². The molecule has 4 rings (SSSR count). The van der Waals surface area contributed by atoms with Crippen LogP contribution in [-0.2, 0) is 12.8 Å². The number of hydrogen-bond acceptors (Lipinski definition) is 1. The summed E-state index contributed by atoms with van der Waals surface area (Å²) >= 11 is 0. The van der Waals surface area contributed by atoms with Crippen LogP contribution in [0.2, 0.25) is 0 Å². The third-order valence-electron chi connectivity index (χ3n) is 5.20. The molecule has 4 unspecified atom stereocenters. The molecule has 4 atom stereocenters. The first-order valence-electron chi connectivity index (χ1n) is 7.72. The normalized spacial score (nSPS) is 28.4. The molecule has 102 valence electrons. The number of fused-ring (bicyclic) bond motifs is 3. The van der Waals surface area contributed by atoms with E-state index in [1.807, 2.05) is 0 Å². The maximum atomic E-state index is 6.53. The fourth-order valence-corrected chi connectivity index (χ4v) is 4.23. The molecule has 0 aliphatic heterocycles. The predicted octanol–water partition coefficient (Wildman–Crippen LogP) is 3.53. The van der Waals surface area contributed by atoms with Gasteiger partial charge in [-0.15, -0.1) is 0 Å². The van der Waals surface area contributed by atoms with Crippen LogP contribution in [0, 0.1) is 11.8 Å². The predicted molar refractivity (Wildman–Crippen MR) is 82.6 cm³/mol. The summed E-state index contributed by atoms with van der Waals surface area (Å²) in [7, 11) is 0. The van der Waals surface area contributed by atoms with Gasteiger partial charge in [0.15, 0.2) is 0 Å². The van der Waals surface area contributed by atoms with Gasteiger partial charge in [0.1, 0.15) is 0 Å². The molecule has 0 amide bonds. The summed E-state index contributed by atoms with van der Waals surface area (Å²) < 4.78 is 0. The zero-order valence-electron chi connectivity index (χ0n) is 11.7. The Labute approximate surface area is 120 Å². The number of hydrogen-bond donors (Lipinski definition) is 1. The number of benzene rings is 2. The van der Waals surface area contributed by atoms with E-state index in [4.69, 9.17) is 5.73 Å². The first-order valence-corrected chi connectivity index (χ1v) is 7.72. The lowest BCUT2D eigenvalue weighted by atomic mass is 9.92. The van der Waals surface area contributed by atoms with Crippen LogP contribution in [0.4, 0.5) is 0 Å². The molecule has 0 radical (unpaired) electrons. The van der Waals surface area contributed by atoms with Gasteiger partial charge in [0.2, 0.25) is 0 Å². The molecular weight excluding hydrogens is 242 g/mol. The molecule has 2 aromatic rings. The molecule has 2 N–H and O–H groups in total. The van der Waals surface area contributed by atoms with Crippen molar-refractivity contribution in [1.29, 1.82) is 0 Å². The topological polar surface area (TPSA) is 26.0 Å². The molecule has 0 aromatic heterocycles. The van der Waals surface area contributed by atoms with Crippen LogP contribution >= 0.6 is 0 Å². The highest BCUT2D eigenvalue weighted by Gasteiger charge is 2.55. The van der Waals surface area contributed by atoms with E-state index in [2.05, 4.69) is 54.6 Å². The summed E-state index contributed by atoms with van der Waals surface area (Å²) in [4.78, 5) is 0. The van der Waals surface area contributed by atoms with Gasteiger partial charge in [0.05, 0.1) is 0 Å². The highest BCUT2D eigenvalue weighted by molar-refractivity contribution is 5.40. The van der Waals surface area contributed by atoms with Crippen molar-refractivity contribution < 1.29 is 0 Å². The second kappa shape index (κ2) is 4.75. The molecule has 1 heteroatoms. The lowest BCUT2D eigenvalue weighted by Gasteiger charge is -2.13. The van der Waals surface area contributed by atoms with Crippen molar-refractivity contribution in [3.8, 4) is 0 Å². The first-order chi connectivity index (χ1) is 9.84. The maximum Gasteiger partial charge on any atom is 0.0117 e. The van der Waals surface area contributed by atoms with Crippen molar-refractivity contribution >= 4 is 0 Å². The molecule has 0 saturated heterocycles. The van der Waals surface area contributed by atoms with Crippen LogP contribution in [0.25, 0.3) is 0 Å². The SMILES string of the molecule is NC(Cc1ccccc1)C1C2CCc3ccccc3C21. The monoisotopic (exact) mass is 263 g/mol. The van der Waals surface area contributed by atoms with Crippen LogP contribution in [0.5, 0.6) is 0 Å². The van der Waals surface area contributed by atoms with E-state index >= 15 is 0 Å². The summed E-state index contributed by atoms with van der Waals surface area (Å²) in [5, 5.41) is 0. The van der Waals surface area contributed by atoms with Gasteiger partial charge in [-0.3, -0.25) is 0 Å². The van der Waals surface area contributed by atoms with E-state index in [-0.39, 0.29) is 0 Å².